The van der Waals surface area contributed by atoms with Gasteiger partial charge in [0.2, 0.25) is 5.91 Å². The summed E-state index contributed by atoms with van der Waals surface area (Å²) in [4.78, 5) is 64.4. The van der Waals surface area contributed by atoms with Crippen molar-refractivity contribution in [3.8, 4) is 0 Å². The van der Waals surface area contributed by atoms with Crippen LogP contribution in [0.2, 0.25) is 0 Å². The lowest BCUT2D eigenvalue weighted by molar-refractivity contribution is -0.192. The zero-order valence-corrected chi connectivity index (χ0v) is 23.3. The second kappa shape index (κ2) is 13.1. The number of hydrogen-bond acceptors (Lipinski definition) is 11. The van der Waals surface area contributed by atoms with Crippen LogP contribution in [0.15, 0.2) is 33.5 Å². The lowest BCUT2D eigenvalue weighted by Gasteiger charge is -2.49. The first-order valence-corrected chi connectivity index (χ1v) is 13.8. The summed E-state index contributed by atoms with van der Waals surface area (Å²) in [6.07, 6.45) is -7.99. The molecule has 0 aliphatic carbocycles. The predicted octanol–water partition coefficient (Wildman–Crippen LogP) is 1.39. The van der Waals surface area contributed by atoms with Gasteiger partial charge in [-0.15, -0.1) is 23.1 Å². The number of fused-ring (bicyclic) bond motifs is 1. The van der Waals surface area contributed by atoms with E-state index in [0.717, 1.165) is 28.0 Å². The molecule has 1 aromatic heterocycles. The van der Waals surface area contributed by atoms with Gasteiger partial charge in [0.15, 0.2) is 10.8 Å². The molecule has 14 nitrogen and oxygen atoms in total. The lowest BCUT2D eigenvalue weighted by atomic mass is 9.98. The van der Waals surface area contributed by atoms with Crippen molar-refractivity contribution in [3.63, 3.8) is 0 Å². The van der Waals surface area contributed by atoms with E-state index in [2.05, 4.69) is 15.5 Å². The van der Waals surface area contributed by atoms with Crippen LogP contribution >= 0.6 is 23.1 Å². The number of rotatable bonds is 6. The highest BCUT2D eigenvalue weighted by atomic mass is 32.2. The standard InChI is InChI=1S/C20H19F3N6O6S2.C2HF3O2/c21-20(22,23)7-28-3-1-2-8(15(28)31)4-9-5-36-17-12(16(32)29(17)13(9)18(33)34)26-14(30)11(27-35)10-6-37-19(24)25-10;3-2(4,5)1(6)7/h4,6,12,17,35H,1-3,5,7H2,(H2,24,25)(H,26,30)(H,33,34);(H,6,7)/t12-,17-;/m1./s1. The number of allylic oxidation sites excluding steroid dienone is 1. The number of halogens is 6. The summed E-state index contributed by atoms with van der Waals surface area (Å²) in [5, 5.41) is 32.2. The summed E-state index contributed by atoms with van der Waals surface area (Å²) in [5.74, 6) is -6.75. The third kappa shape index (κ3) is 7.78. The molecule has 2 saturated heterocycles. The molecule has 1 aromatic rings. The highest BCUT2D eigenvalue weighted by Gasteiger charge is 2.54. The van der Waals surface area contributed by atoms with Gasteiger partial charge in [0.05, 0.1) is 0 Å². The van der Waals surface area contributed by atoms with E-state index in [4.69, 9.17) is 15.6 Å². The van der Waals surface area contributed by atoms with Gasteiger partial charge in [0.1, 0.15) is 29.4 Å². The summed E-state index contributed by atoms with van der Waals surface area (Å²) >= 11 is 2.10. The van der Waals surface area contributed by atoms with E-state index >= 15 is 0 Å². The Labute approximate surface area is 249 Å². The minimum atomic E-state index is -5.08. The fourth-order valence-electron chi connectivity index (χ4n) is 4.16. The van der Waals surface area contributed by atoms with Crippen LogP contribution in [0.5, 0.6) is 0 Å². The van der Waals surface area contributed by atoms with Gasteiger partial charge in [-0.3, -0.25) is 19.3 Å². The number of likely N-dealkylation sites (tertiary alicyclic amines) is 1. The average Bonchev–Trinajstić information content (AvgIpc) is 3.34. The molecule has 0 unspecified atom stereocenters. The number of nitrogens with two attached hydrogens (primary N) is 1. The minimum Gasteiger partial charge on any atom is -0.477 e. The van der Waals surface area contributed by atoms with Crippen molar-refractivity contribution < 1.29 is 65.7 Å². The summed E-state index contributed by atoms with van der Waals surface area (Å²) in [6, 6.07) is -1.15. The topological polar surface area (TPSA) is 216 Å². The van der Waals surface area contributed by atoms with Gasteiger partial charge in [0, 0.05) is 23.3 Å². The van der Waals surface area contributed by atoms with Crippen molar-refractivity contribution >= 4 is 63.6 Å². The van der Waals surface area contributed by atoms with Crippen molar-refractivity contribution in [2.75, 3.05) is 24.6 Å². The third-order valence-corrected chi connectivity index (χ3v) is 7.94. The maximum atomic E-state index is 12.9. The molecule has 3 amide bonds. The maximum absolute atomic E-state index is 12.9. The monoisotopic (exact) mass is 674 g/mol. The van der Waals surface area contributed by atoms with Gasteiger partial charge in [-0.25, -0.2) is 14.6 Å². The number of anilines is 1. The van der Waals surface area contributed by atoms with Crippen LogP contribution in [-0.2, 0) is 24.0 Å². The number of carbonyl (C=O) groups excluding carboxylic acids is 3. The summed E-state index contributed by atoms with van der Waals surface area (Å²) < 4.78 is 70.1. The molecule has 6 N–H and O–H groups in total. The molecule has 0 aromatic carbocycles. The Bertz CT molecular complexity index is 1460. The third-order valence-electron chi connectivity index (χ3n) is 5.96. The number of aliphatic carboxylic acids is 2. The Kier molecular flexibility index (Phi) is 10.2. The van der Waals surface area contributed by atoms with Crippen LogP contribution in [0.4, 0.5) is 31.5 Å². The fourth-order valence-corrected chi connectivity index (χ4v) is 6.01. The van der Waals surface area contributed by atoms with Crippen molar-refractivity contribution in [2.45, 2.75) is 36.6 Å². The molecule has 0 bridgehead atoms. The number of carbonyl (C=O) groups is 5. The van der Waals surface area contributed by atoms with Gasteiger partial charge in [0.25, 0.3) is 11.8 Å². The number of piperidine rings is 1. The average molecular weight is 675 g/mol. The zero-order chi connectivity index (χ0) is 33.1. The predicted molar refractivity (Wildman–Crippen MR) is 138 cm³/mol. The minimum absolute atomic E-state index is 0.0147. The van der Waals surface area contributed by atoms with E-state index in [1.54, 1.807) is 0 Å². The maximum Gasteiger partial charge on any atom is 0.490 e. The van der Waals surface area contributed by atoms with Crippen LogP contribution in [0.3, 0.4) is 0 Å². The largest absolute Gasteiger partial charge is 0.490 e. The molecule has 3 aliphatic heterocycles. The Balaban J connectivity index is 0.000000676. The number of nitrogens with zero attached hydrogens (tertiary/aromatic N) is 4. The van der Waals surface area contributed by atoms with Crippen molar-refractivity contribution in [1.29, 1.82) is 0 Å². The molecule has 4 heterocycles. The number of carboxylic acids is 2. The lowest BCUT2D eigenvalue weighted by Crippen LogP contribution is -2.71. The summed E-state index contributed by atoms with van der Waals surface area (Å²) in [7, 11) is 0. The number of nitrogens with one attached hydrogen (secondary N) is 1. The first-order chi connectivity index (χ1) is 20.4. The fraction of sp³-hybridized carbons (Fsp3) is 0.409. The highest BCUT2D eigenvalue weighted by Crippen LogP contribution is 2.41. The van der Waals surface area contributed by atoms with Crippen LogP contribution in [0, 0.1) is 0 Å². The Hall–Kier alpha value is -4.34. The van der Waals surface area contributed by atoms with E-state index in [1.165, 1.54) is 11.5 Å². The first kappa shape index (κ1) is 34.2. The number of β-lactam (4-membered cyclic amide) rings is 1. The van der Waals surface area contributed by atoms with Gasteiger partial charge in [-0.05, 0) is 24.5 Å². The Morgan fingerprint density at radius 1 is 1.18 bits per heavy atom. The number of carboxylic acid groups (broad SMARTS) is 2. The molecule has 2 fully saturated rings. The molecular weight excluding hydrogens is 654 g/mol. The smallest absolute Gasteiger partial charge is 0.477 e. The number of alkyl halides is 6. The summed E-state index contributed by atoms with van der Waals surface area (Å²) in [5.41, 5.74) is 4.72. The van der Waals surface area contributed by atoms with E-state index in [1.807, 2.05) is 0 Å². The molecule has 4 rings (SSSR count). The van der Waals surface area contributed by atoms with E-state index in [0.29, 0.717) is 4.90 Å². The molecule has 2 atom stereocenters. The van der Waals surface area contributed by atoms with E-state index in [-0.39, 0.29) is 47.1 Å². The van der Waals surface area contributed by atoms with Crippen molar-refractivity contribution in [1.82, 2.24) is 20.1 Å². The molecule has 44 heavy (non-hydrogen) atoms. The number of thiazole rings is 1. The molecular formula is C22H20F6N6O8S2. The molecule has 22 heteroatoms. The second-order valence-electron chi connectivity index (χ2n) is 8.98. The van der Waals surface area contributed by atoms with Gasteiger partial charge >= 0.3 is 24.3 Å². The van der Waals surface area contributed by atoms with Crippen molar-refractivity contribution in [3.05, 3.63) is 34.0 Å². The number of amides is 3. The number of aromatic nitrogens is 1. The van der Waals surface area contributed by atoms with Crippen molar-refractivity contribution in [2.24, 2.45) is 5.16 Å². The van der Waals surface area contributed by atoms with E-state index in [9.17, 15) is 55.8 Å². The molecule has 0 saturated carbocycles. The quantitative estimate of drug-likeness (QED) is 0.0726. The zero-order valence-electron chi connectivity index (χ0n) is 21.7. The highest BCUT2D eigenvalue weighted by molar-refractivity contribution is 8.00. The van der Waals surface area contributed by atoms with Crippen LogP contribution in [0.1, 0.15) is 18.5 Å². The van der Waals surface area contributed by atoms with E-state index < -0.39 is 71.4 Å². The normalized spacial score (nSPS) is 21.8. The Morgan fingerprint density at radius 2 is 1.82 bits per heavy atom. The molecule has 0 spiro atoms. The van der Waals surface area contributed by atoms with Crippen LogP contribution < -0.4 is 11.1 Å². The van der Waals surface area contributed by atoms with Crippen LogP contribution in [0.25, 0.3) is 0 Å². The number of thioether (sulfide) groups is 1. The number of hydrogen-bond donors (Lipinski definition) is 5. The molecule has 3 aliphatic rings. The second-order valence-corrected chi connectivity index (χ2v) is 11.0. The van der Waals surface area contributed by atoms with Gasteiger partial charge in [-0.1, -0.05) is 5.16 Å². The Morgan fingerprint density at radius 3 is 2.32 bits per heavy atom. The number of oxime groups is 1. The molecule has 0 radical (unpaired) electrons. The first-order valence-electron chi connectivity index (χ1n) is 11.9. The van der Waals surface area contributed by atoms with Gasteiger partial charge < -0.3 is 31.4 Å². The van der Waals surface area contributed by atoms with Crippen LogP contribution in [-0.4, -0.2) is 108 Å². The van der Waals surface area contributed by atoms with Gasteiger partial charge in [-0.2, -0.15) is 26.3 Å². The summed E-state index contributed by atoms with van der Waals surface area (Å²) in [6.45, 7) is -1.49. The SMILES string of the molecule is Nc1nc(C(=NO)C(=O)N[C@@H]2C(=O)N3C(C(=O)O)=C(C=C4CCCN(CC(F)(F)F)C4=O)CS[C@H]23)cs1.O=C(O)C(F)(F)F. The number of nitrogen functional groups attached to an aromatic ring is 1. The molecule has 240 valence electrons.